The van der Waals surface area contributed by atoms with Crippen molar-refractivity contribution in [3.8, 4) is 0 Å². The van der Waals surface area contributed by atoms with Crippen LogP contribution in [-0.2, 0) is 9.59 Å². The Bertz CT molecular complexity index is 198. The Kier molecular flexibility index (Phi) is 2.87. The number of rotatable bonds is 1. The second kappa shape index (κ2) is 3.52. The summed E-state index contributed by atoms with van der Waals surface area (Å²) in [4.78, 5) is 21.3. The zero-order valence-electron chi connectivity index (χ0n) is 5.65. The normalized spacial score (nSPS) is 29.2. The van der Waals surface area contributed by atoms with Gasteiger partial charge in [-0.25, -0.2) is 4.31 Å². The maximum absolute atomic E-state index is 10.8. The van der Waals surface area contributed by atoms with Gasteiger partial charge in [-0.2, -0.15) is 0 Å². The van der Waals surface area contributed by atoms with Crippen molar-refractivity contribution in [1.29, 1.82) is 0 Å². The summed E-state index contributed by atoms with van der Waals surface area (Å²) in [6, 6.07) is 0. The van der Waals surface area contributed by atoms with Gasteiger partial charge in [0.05, 0.1) is 12.2 Å². The highest BCUT2D eigenvalue weighted by Gasteiger charge is 2.28. The predicted octanol–water partition coefficient (Wildman–Crippen LogP) is -0.195. The van der Waals surface area contributed by atoms with Crippen LogP contribution >= 0.6 is 21.4 Å². The molecule has 1 fully saturated rings. The van der Waals surface area contributed by atoms with Gasteiger partial charge >= 0.3 is 5.97 Å². The van der Waals surface area contributed by atoms with Gasteiger partial charge in [-0.1, -0.05) is 12.8 Å². The van der Waals surface area contributed by atoms with Gasteiger partial charge in [-0.15, -0.1) is 0 Å². The van der Waals surface area contributed by atoms with Gasteiger partial charge in [0.1, 0.15) is 0 Å². The van der Waals surface area contributed by atoms with Crippen molar-refractivity contribution in [1.82, 2.24) is 4.31 Å². The molecule has 0 aliphatic carbocycles. The van der Waals surface area contributed by atoms with Crippen LogP contribution in [-0.4, -0.2) is 39.7 Å². The van der Waals surface area contributed by atoms with Gasteiger partial charge in [0.25, 0.3) is 0 Å². The summed E-state index contributed by atoms with van der Waals surface area (Å²) in [6.07, 6.45) is 0. The molecule has 2 unspecified atom stereocenters. The molecule has 1 aliphatic rings. The standard InChI is InChI=1S/C5H8NO3PS/c7-4-2-6(11)1-3(10-4)5(8)9/h3,10-11H,1-2H2,(H,8,9). The smallest absolute Gasteiger partial charge is 0.312 e. The highest BCUT2D eigenvalue weighted by atomic mass is 32.1. The first-order chi connectivity index (χ1) is 5.09. The van der Waals surface area contributed by atoms with Crippen molar-refractivity contribution in [3.63, 3.8) is 0 Å². The maximum atomic E-state index is 10.8. The lowest BCUT2D eigenvalue weighted by Crippen LogP contribution is -2.37. The molecule has 0 radical (unpaired) electrons. The summed E-state index contributed by atoms with van der Waals surface area (Å²) in [5.74, 6) is -0.907. The second-order valence-electron chi connectivity index (χ2n) is 2.31. The average Bonchev–Trinajstić information content (AvgIpc) is 1.85. The van der Waals surface area contributed by atoms with E-state index in [2.05, 4.69) is 12.8 Å². The number of hydrogen-bond donors (Lipinski definition) is 2. The molecule has 62 valence electrons. The number of thiol groups is 1. The van der Waals surface area contributed by atoms with Crippen molar-refractivity contribution in [2.24, 2.45) is 0 Å². The fourth-order valence-electron chi connectivity index (χ4n) is 0.867. The molecule has 0 amide bonds. The third-order valence-electron chi connectivity index (χ3n) is 1.35. The molecule has 2 atom stereocenters. The van der Waals surface area contributed by atoms with Crippen LogP contribution in [0.4, 0.5) is 0 Å². The van der Waals surface area contributed by atoms with Gasteiger partial charge in [-0.05, 0) is 8.58 Å². The van der Waals surface area contributed by atoms with E-state index in [1.54, 1.807) is 0 Å². The first kappa shape index (κ1) is 8.97. The molecular formula is C5H8NO3PS. The Morgan fingerprint density at radius 2 is 2.45 bits per heavy atom. The number of carboxylic acids is 1. The van der Waals surface area contributed by atoms with E-state index in [4.69, 9.17) is 5.11 Å². The van der Waals surface area contributed by atoms with Crippen molar-refractivity contribution < 1.29 is 14.7 Å². The van der Waals surface area contributed by atoms with Crippen molar-refractivity contribution >= 4 is 32.9 Å². The van der Waals surface area contributed by atoms with Crippen LogP contribution in [0.25, 0.3) is 0 Å². The van der Waals surface area contributed by atoms with Crippen molar-refractivity contribution in [2.45, 2.75) is 5.66 Å². The monoisotopic (exact) mass is 193 g/mol. The van der Waals surface area contributed by atoms with Crippen LogP contribution in [0.15, 0.2) is 0 Å². The Morgan fingerprint density at radius 1 is 1.82 bits per heavy atom. The fourth-order valence-corrected chi connectivity index (χ4v) is 2.55. The van der Waals surface area contributed by atoms with Crippen molar-refractivity contribution in [2.75, 3.05) is 13.1 Å². The van der Waals surface area contributed by atoms with E-state index < -0.39 is 11.6 Å². The van der Waals surface area contributed by atoms with E-state index in [1.165, 1.54) is 4.31 Å². The summed E-state index contributed by atoms with van der Waals surface area (Å²) in [5, 5.41) is 8.57. The van der Waals surface area contributed by atoms with Gasteiger partial charge < -0.3 is 5.11 Å². The molecule has 0 bridgehead atoms. The van der Waals surface area contributed by atoms with Crippen molar-refractivity contribution in [3.05, 3.63) is 0 Å². The molecule has 1 aliphatic heterocycles. The largest absolute Gasteiger partial charge is 0.481 e. The van der Waals surface area contributed by atoms with E-state index in [1.807, 2.05) is 0 Å². The minimum atomic E-state index is -0.907. The van der Waals surface area contributed by atoms with Crippen LogP contribution in [0.2, 0.25) is 0 Å². The lowest BCUT2D eigenvalue weighted by atomic mass is 10.4. The topological polar surface area (TPSA) is 57.6 Å². The van der Waals surface area contributed by atoms with Gasteiger partial charge in [0, 0.05) is 6.54 Å². The summed E-state index contributed by atoms with van der Waals surface area (Å²) in [6.45, 7) is 0.633. The summed E-state index contributed by atoms with van der Waals surface area (Å²) in [7, 11) is -0.0961. The van der Waals surface area contributed by atoms with Gasteiger partial charge in [-0.3, -0.25) is 9.59 Å². The zero-order chi connectivity index (χ0) is 8.43. The molecule has 1 saturated heterocycles. The minimum absolute atomic E-state index is 0.0290. The zero-order valence-corrected chi connectivity index (χ0v) is 7.54. The number of carboxylic acid groups (broad SMARTS) is 1. The third kappa shape index (κ3) is 2.43. The van der Waals surface area contributed by atoms with E-state index in [0.717, 1.165) is 0 Å². The first-order valence-electron chi connectivity index (χ1n) is 3.05. The van der Waals surface area contributed by atoms with E-state index >= 15 is 0 Å². The lowest BCUT2D eigenvalue weighted by Gasteiger charge is -2.24. The Labute approximate surface area is 71.3 Å². The quantitative estimate of drug-likeness (QED) is 0.447. The lowest BCUT2D eigenvalue weighted by molar-refractivity contribution is -0.137. The summed E-state index contributed by atoms with van der Waals surface area (Å²) >= 11 is 3.93. The average molecular weight is 193 g/mol. The van der Waals surface area contributed by atoms with Gasteiger partial charge in [0.15, 0.2) is 5.52 Å². The fraction of sp³-hybridized carbons (Fsp3) is 0.600. The Morgan fingerprint density at radius 3 is 2.91 bits per heavy atom. The molecule has 11 heavy (non-hydrogen) atoms. The first-order valence-corrected chi connectivity index (χ1v) is 4.53. The molecule has 4 nitrogen and oxygen atoms in total. The molecule has 0 aromatic heterocycles. The molecule has 1 heterocycles. The molecule has 0 aromatic carbocycles. The van der Waals surface area contributed by atoms with E-state index in [9.17, 15) is 9.59 Å². The SMILES string of the molecule is O=C1CN(S)CC(C(=O)O)P1. The van der Waals surface area contributed by atoms with Crippen LogP contribution in [0, 0.1) is 0 Å². The third-order valence-corrected chi connectivity index (χ3v) is 2.92. The molecule has 0 spiro atoms. The van der Waals surface area contributed by atoms with Crippen LogP contribution in [0.5, 0.6) is 0 Å². The van der Waals surface area contributed by atoms with E-state index in [-0.39, 0.29) is 20.6 Å². The number of aliphatic carboxylic acids is 1. The minimum Gasteiger partial charge on any atom is -0.481 e. The predicted molar refractivity (Wildman–Crippen MR) is 45.3 cm³/mol. The number of carbonyl (C=O) groups excluding carboxylic acids is 1. The highest BCUT2D eigenvalue weighted by molar-refractivity contribution is 7.78. The van der Waals surface area contributed by atoms with Crippen LogP contribution in [0.3, 0.4) is 0 Å². The van der Waals surface area contributed by atoms with Gasteiger partial charge in [0.2, 0.25) is 0 Å². The van der Waals surface area contributed by atoms with Crippen LogP contribution in [0.1, 0.15) is 0 Å². The number of carbonyl (C=O) groups is 2. The molecular weight excluding hydrogens is 185 g/mol. The Balaban J connectivity index is 2.56. The second-order valence-corrected chi connectivity index (χ2v) is 4.41. The Hall–Kier alpha value is -0.120. The highest BCUT2D eigenvalue weighted by Crippen LogP contribution is 2.27. The maximum Gasteiger partial charge on any atom is 0.312 e. The molecule has 0 saturated carbocycles. The summed E-state index contributed by atoms with van der Waals surface area (Å²) in [5.41, 5.74) is -0.576. The number of hydrogen-bond acceptors (Lipinski definition) is 4. The molecule has 1 rings (SSSR count). The number of nitrogens with zero attached hydrogens (tertiary/aromatic N) is 1. The summed E-state index contributed by atoms with van der Waals surface area (Å²) < 4.78 is 1.44. The molecule has 1 N–H and O–H groups in total. The van der Waals surface area contributed by atoms with E-state index in [0.29, 0.717) is 6.54 Å². The molecule has 0 aromatic rings. The van der Waals surface area contributed by atoms with Crippen LogP contribution < -0.4 is 0 Å². The molecule has 6 heteroatoms.